The first-order valence-electron chi connectivity index (χ1n) is 10.5. The van der Waals surface area contributed by atoms with Crippen LogP contribution in [0.25, 0.3) is 0 Å². The summed E-state index contributed by atoms with van der Waals surface area (Å²) in [7, 11) is 1.71. The standard InChI is InChI=1S/C23H31ClN4O2/c1-30-10-2-3-16-4-7-21(24)19(11-16)15-28(20-5-6-20)23(29)17(13-25)12-18-14-27-9-8-22(18)26/h4,7-9,11,14,17,20H,2-3,5-6,10,12-13,15,25H2,1H3,(H2,26,27). The topological polar surface area (TPSA) is 94.5 Å². The van der Waals surface area contributed by atoms with Gasteiger partial charge in [-0.1, -0.05) is 23.7 Å². The first-order chi connectivity index (χ1) is 14.5. The summed E-state index contributed by atoms with van der Waals surface area (Å²) in [5, 5.41) is 0.685. The molecule has 30 heavy (non-hydrogen) atoms. The minimum Gasteiger partial charge on any atom is -0.398 e. The van der Waals surface area contributed by atoms with Gasteiger partial charge in [0.05, 0.1) is 5.92 Å². The van der Waals surface area contributed by atoms with Crippen molar-refractivity contribution in [2.75, 3.05) is 26.0 Å². The third-order valence-electron chi connectivity index (χ3n) is 5.58. The zero-order chi connectivity index (χ0) is 21.5. The largest absolute Gasteiger partial charge is 0.398 e. The number of anilines is 1. The second-order valence-corrected chi connectivity index (χ2v) is 8.34. The van der Waals surface area contributed by atoms with E-state index in [-0.39, 0.29) is 24.4 Å². The average molecular weight is 431 g/mol. The molecule has 1 aromatic heterocycles. The predicted octanol–water partition coefficient (Wildman–Crippen LogP) is 3.20. The molecule has 1 fully saturated rings. The highest BCUT2D eigenvalue weighted by molar-refractivity contribution is 6.31. The van der Waals surface area contributed by atoms with E-state index < -0.39 is 0 Å². The number of nitrogens with two attached hydrogens (primary N) is 2. The Labute approximate surface area is 183 Å². The number of carbonyl (C=O) groups is 1. The number of amides is 1. The highest BCUT2D eigenvalue weighted by atomic mass is 35.5. The van der Waals surface area contributed by atoms with Crippen LogP contribution in [0, 0.1) is 5.92 Å². The van der Waals surface area contributed by atoms with Crippen molar-refractivity contribution in [1.82, 2.24) is 9.88 Å². The molecule has 1 saturated carbocycles. The molecule has 6 nitrogen and oxygen atoms in total. The lowest BCUT2D eigenvalue weighted by Crippen LogP contribution is -2.41. The van der Waals surface area contributed by atoms with Gasteiger partial charge in [0.2, 0.25) is 5.91 Å². The molecule has 0 bridgehead atoms. The van der Waals surface area contributed by atoms with Crippen LogP contribution < -0.4 is 11.5 Å². The van der Waals surface area contributed by atoms with Gasteiger partial charge >= 0.3 is 0 Å². The molecular weight excluding hydrogens is 400 g/mol. The Morgan fingerprint density at radius 3 is 2.80 bits per heavy atom. The monoisotopic (exact) mass is 430 g/mol. The van der Waals surface area contributed by atoms with Crippen LogP contribution >= 0.6 is 11.6 Å². The molecule has 0 spiro atoms. The first-order valence-corrected chi connectivity index (χ1v) is 10.9. The van der Waals surface area contributed by atoms with E-state index >= 15 is 0 Å². The van der Waals surface area contributed by atoms with Crippen molar-refractivity contribution in [3.8, 4) is 0 Å². The van der Waals surface area contributed by atoms with E-state index in [2.05, 4.69) is 11.1 Å². The zero-order valence-electron chi connectivity index (χ0n) is 17.5. The number of methoxy groups -OCH3 is 1. The van der Waals surface area contributed by atoms with Crippen LogP contribution in [0.1, 0.15) is 36.0 Å². The molecule has 1 heterocycles. The van der Waals surface area contributed by atoms with Gasteiger partial charge < -0.3 is 21.1 Å². The number of rotatable bonds is 11. The van der Waals surface area contributed by atoms with Crippen LogP contribution in [0.2, 0.25) is 5.02 Å². The summed E-state index contributed by atoms with van der Waals surface area (Å²) < 4.78 is 5.15. The number of nitrogen functional groups attached to an aromatic ring is 1. The highest BCUT2D eigenvalue weighted by Gasteiger charge is 2.36. The van der Waals surface area contributed by atoms with Crippen LogP contribution in [0.5, 0.6) is 0 Å². The van der Waals surface area contributed by atoms with Crippen LogP contribution in [-0.2, 0) is 28.9 Å². The third kappa shape index (κ3) is 5.94. The molecule has 1 unspecified atom stereocenters. The van der Waals surface area contributed by atoms with E-state index in [1.165, 1.54) is 5.56 Å². The summed E-state index contributed by atoms with van der Waals surface area (Å²) in [5.41, 5.74) is 15.7. The van der Waals surface area contributed by atoms with Gasteiger partial charge in [0.25, 0.3) is 0 Å². The lowest BCUT2D eigenvalue weighted by Gasteiger charge is -2.28. The summed E-state index contributed by atoms with van der Waals surface area (Å²) in [5.74, 6) is -0.273. The van der Waals surface area contributed by atoms with Gasteiger partial charge in [0, 0.05) is 56.0 Å². The quantitative estimate of drug-likeness (QED) is 0.534. The Morgan fingerprint density at radius 1 is 1.33 bits per heavy atom. The van der Waals surface area contributed by atoms with Gasteiger partial charge in [-0.15, -0.1) is 0 Å². The van der Waals surface area contributed by atoms with Crippen molar-refractivity contribution in [2.24, 2.45) is 11.7 Å². The minimum atomic E-state index is -0.333. The number of nitrogens with zero attached hydrogens (tertiary/aromatic N) is 2. The number of ether oxygens (including phenoxy) is 1. The summed E-state index contributed by atoms with van der Waals surface area (Å²) in [6.07, 6.45) is 7.75. The Balaban J connectivity index is 1.74. The number of hydrogen-bond acceptors (Lipinski definition) is 5. The van der Waals surface area contributed by atoms with E-state index in [1.807, 2.05) is 17.0 Å². The number of carbonyl (C=O) groups excluding carboxylic acids is 1. The molecule has 1 amide bonds. The molecule has 1 aliphatic rings. The number of halogens is 1. The lowest BCUT2D eigenvalue weighted by atomic mass is 9.97. The number of benzene rings is 1. The fourth-order valence-corrected chi connectivity index (χ4v) is 3.84. The van der Waals surface area contributed by atoms with E-state index in [0.717, 1.165) is 43.4 Å². The maximum absolute atomic E-state index is 13.4. The molecule has 2 aromatic rings. The molecule has 1 aromatic carbocycles. The summed E-state index contributed by atoms with van der Waals surface area (Å²) in [6, 6.07) is 8.08. The maximum atomic E-state index is 13.4. The summed E-state index contributed by atoms with van der Waals surface area (Å²) in [4.78, 5) is 19.5. The van der Waals surface area contributed by atoms with Gasteiger partial charge in [-0.05, 0) is 60.9 Å². The van der Waals surface area contributed by atoms with Crippen molar-refractivity contribution in [3.63, 3.8) is 0 Å². The average Bonchev–Trinajstić information content (AvgIpc) is 3.58. The molecule has 1 atom stereocenters. The van der Waals surface area contributed by atoms with E-state index in [0.29, 0.717) is 23.7 Å². The SMILES string of the molecule is COCCCc1ccc(Cl)c(CN(C(=O)C(CN)Cc2cnccc2N)C2CC2)c1. The van der Waals surface area contributed by atoms with Gasteiger partial charge in [0.1, 0.15) is 0 Å². The van der Waals surface area contributed by atoms with Gasteiger partial charge in [-0.3, -0.25) is 9.78 Å². The van der Waals surface area contributed by atoms with Crippen molar-refractivity contribution >= 4 is 23.2 Å². The van der Waals surface area contributed by atoms with Gasteiger partial charge in [0.15, 0.2) is 0 Å². The third-order valence-corrected chi connectivity index (χ3v) is 5.95. The first kappa shape index (κ1) is 22.5. The number of pyridine rings is 1. The molecule has 0 saturated heterocycles. The second kappa shape index (κ2) is 10.8. The number of aryl methyl sites for hydroxylation is 1. The predicted molar refractivity (Wildman–Crippen MR) is 120 cm³/mol. The van der Waals surface area contributed by atoms with Crippen LogP contribution in [-0.4, -0.2) is 42.1 Å². The Bertz CT molecular complexity index is 857. The van der Waals surface area contributed by atoms with Gasteiger partial charge in [-0.25, -0.2) is 0 Å². The zero-order valence-corrected chi connectivity index (χ0v) is 18.3. The molecule has 3 rings (SSSR count). The molecule has 7 heteroatoms. The number of aromatic nitrogens is 1. The van der Waals surface area contributed by atoms with Crippen molar-refractivity contribution in [2.45, 2.75) is 44.7 Å². The Morgan fingerprint density at radius 2 is 2.13 bits per heavy atom. The van der Waals surface area contributed by atoms with Crippen LogP contribution in [0.4, 0.5) is 5.69 Å². The molecule has 4 N–H and O–H groups in total. The van der Waals surface area contributed by atoms with Crippen molar-refractivity contribution in [1.29, 1.82) is 0 Å². The molecule has 0 radical (unpaired) electrons. The van der Waals surface area contributed by atoms with E-state index in [1.54, 1.807) is 25.6 Å². The fourth-order valence-electron chi connectivity index (χ4n) is 3.66. The van der Waals surface area contributed by atoms with E-state index in [4.69, 9.17) is 27.8 Å². The smallest absolute Gasteiger partial charge is 0.227 e. The van der Waals surface area contributed by atoms with Crippen molar-refractivity contribution < 1.29 is 9.53 Å². The lowest BCUT2D eigenvalue weighted by molar-refractivity contribution is -0.136. The Hall–Kier alpha value is -2.15. The van der Waals surface area contributed by atoms with Crippen molar-refractivity contribution in [3.05, 3.63) is 58.4 Å². The Kier molecular flexibility index (Phi) is 8.08. The van der Waals surface area contributed by atoms with E-state index in [9.17, 15) is 4.79 Å². The minimum absolute atomic E-state index is 0.0594. The fraction of sp³-hybridized carbons (Fsp3) is 0.478. The number of hydrogen-bond donors (Lipinski definition) is 2. The second-order valence-electron chi connectivity index (χ2n) is 7.93. The molecule has 1 aliphatic carbocycles. The highest BCUT2D eigenvalue weighted by Crippen LogP contribution is 2.32. The molecule has 162 valence electrons. The van der Waals surface area contributed by atoms with Gasteiger partial charge in [-0.2, -0.15) is 0 Å². The molecular formula is C23H31ClN4O2. The molecule has 0 aliphatic heterocycles. The normalized spacial score (nSPS) is 14.5. The summed E-state index contributed by atoms with van der Waals surface area (Å²) >= 11 is 6.48. The van der Waals surface area contributed by atoms with Crippen LogP contribution in [0.15, 0.2) is 36.7 Å². The summed E-state index contributed by atoms with van der Waals surface area (Å²) in [6.45, 7) is 1.49. The maximum Gasteiger partial charge on any atom is 0.227 e. The van der Waals surface area contributed by atoms with Crippen LogP contribution in [0.3, 0.4) is 0 Å².